The first-order valence-corrected chi connectivity index (χ1v) is 12.4. The van der Waals surface area contributed by atoms with Crippen molar-refractivity contribution in [1.29, 1.82) is 5.26 Å². The minimum Gasteiger partial charge on any atom is -0.343 e. The molecule has 10 heteroatoms. The summed E-state index contributed by atoms with van der Waals surface area (Å²) in [7, 11) is -7.19. The number of amides is 1. The van der Waals surface area contributed by atoms with Gasteiger partial charge in [-0.2, -0.15) is 13.7 Å². The van der Waals surface area contributed by atoms with E-state index >= 15 is 0 Å². The van der Waals surface area contributed by atoms with Gasteiger partial charge in [0.05, 0.1) is 29.6 Å². The molecule has 2 rings (SSSR count). The molecule has 2 atom stereocenters. The summed E-state index contributed by atoms with van der Waals surface area (Å²) in [6.45, 7) is -0.255. The van der Waals surface area contributed by atoms with Crippen LogP contribution < -0.4 is 5.32 Å². The zero-order valence-corrected chi connectivity index (χ0v) is 17.3. The lowest BCUT2D eigenvalue weighted by Crippen LogP contribution is -2.39. The lowest BCUT2D eigenvalue weighted by atomic mass is 9.80. The number of hydrogen-bond donors (Lipinski definition) is 1. The number of hydrogen-bond acceptors (Lipinski definition) is 7. The van der Waals surface area contributed by atoms with E-state index in [-0.39, 0.29) is 35.6 Å². The molecule has 1 aromatic rings. The van der Waals surface area contributed by atoms with Crippen LogP contribution >= 0.6 is 0 Å². The van der Waals surface area contributed by atoms with Crippen LogP contribution in [0.5, 0.6) is 0 Å². The van der Waals surface area contributed by atoms with Crippen molar-refractivity contribution in [3.05, 3.63) is 29.8 Å². The SMILES string of the molecule is CS(=O)(=O)OCc1ccc(S(=O)(=O)CC2CCCCC2C(=O)NCC#N)cc1. The second kappa shape index (κ2) is 9.49. The van der Waals surface area contributed by atoms with Crippen molar-refractivity contribution in [2.24, 2.45) is 11.8 Å². The van der Waals surface area contributed by atoms with Crippen LogP contribution in [0.3, 0.4) is 0 Å². The fourth-order valence-corrected chi connectivity index (χ4v) is 5.41. The molecule has 1 N–H and O–H groups in total. The van der Waals surface area contributed by atoms with E-state index in [0.717, 1.165) is 19.1 Å². The van der Waals surface area contributed by atoms with Crippen molar-refractivity contribution in [3.63, 3.8) is 0 Å². The van der Waals surface area contributed by atoms with Gasteiger partial charge < -0.3 is 5.32 Å². The van der Waals surface area contributed by atoms with Gasteiger partial charge in [-0.1, -0.05) is 25.0 Å². The summed E-state index contributed by atoms with van der Waals surface area (Å²) in [6, 6.07) is 7.71. The van der Waals surface area contributed by atoms with Gasteiger partial charge in [0, 0.05) is 5.92 Å². The Labute approximate surface area is 165 Å². The number of nitriles is 1. The minimum absolute atomic E-state index is 0.0915. The third-order valence-corrected chi connectivity index (χ3v) is 7.15. The zero-order valence-electron chi connectivity index (χ0n) is 15.6. The van der Waals surface area contributed by atoms with Gasteiger partial charge in [-0.05, 0) is 36.5 Å². The highest BCUT2D eigenvalue weighted by Crippen LogP contribution is 2.32. The molecule has 28 heavy (non-hydrogen) atoms. The summed E-state index contributed by atoms with van der Waals surface area (Å²) < 4.78 is 52.4. The first-order valence-electron chi connectivity index (χ1n) is 8.93. The maximum atomic E-state index is 12.8. The van der Waals surface area contributed by atoms with Crippen LogP contribution in [-0.4, -0.2) is 41.3 Å². The molecule has 1 aliphatic rings. The quantitative estimate of drug-likeness (QED) is 0.489. The molecule has 8 nitrogen and oxygen atoms in total. The number of sulfone groups is 1. The molecular weight excluding hydrogens is 404 g/mol. The number of benzene rings is 1. The van der Waals surface area contributed by atoms with Crippen LogP contribution in [-0.2, 0) is 35.5 Å². The second-order valence-corrected chi connectivity index (χ2v) is 10.6. The Morgan fingerprint density at radius 3 is 2.43 bits per heavy atom. The minimum atomic E-state index is -3.61. The topological polar surface area (TPSA) is 130 Å². The van der Waals surface area contributed by atoms with E-state index in [1.165, 1.54) is 24.3 Å². The smallest absolute Gasteiger partial charge is 0.264 e. The van der Waals surface area contributed by atoms with E-state index in [0.29, 0.717) is 18.4 Å². The number of carbonyl (C=O) groups is 1. The lowest BCUT2D eigenvalue weighted by molar-refractivity contribution is -0.127. The summed E-state index contributed by atoms with van der Waals surface area (Å²) in [4.78, 5) is 12.4. The van der Waals surface area contributed by atoms with E-state index < -0.39 is 25.9 Å². The van der Waals surface area contributed by atoms with E-state index in [2.05, 4.69) is 5.32 Å². The van der Waals surface area contributed by atoms with E-state index in [4.69, 9.17) is 9.44 Å². The van der Waals surface area contributed by atoms with Crippen LogP contribution in [0.25, 0.3) is 0 Å². The maximum Gasteiger partial charge on any atom is 0.264 e. The van der Waals surface area contributed by atoms with Gasteiger partial charge in [0.2, 0.25) is 5.91 Å². The van der Waals surface area contributed by atoms with Crippen molar-refractivity contribution in [2.45, 2.75) is 37.2 Å². The highest BCUT2D eigenvalue weighted by Gasteiger charge is 2.34. The van der Waals surface area contributed by atoms with Crippen LogP contribution in [0.15, 0.2) is 29.2 Å². The molecule has 0 saturated heterocycles. The van der Waals surface area contributed by atoms with Crippen molar-refractivity contribution in [1.82, 2.24) is 5.32 Å². The van der Waals surface area contributed by atoms with Crippen LogP contribution in [0.4, 0.5) is 0 Å². The molecule has 0 aliphatic heterocycles. The Morgan fingerprint density at radius 1 is 1.18 bits per heavy atom. The van der Waals surface area contributed by atoms with Crippen LogP contribution in [0.1, 0.15) is 31.2 Å². The number of nitrogens with one attached hydrogen (secondary N) is 1. The summed E-state index contributed by atoms with van der Waals surface area (Å²) in [5, 5.41) is 11.2. The Bertz CT molecular complexity index is 933. The molecule has 0 heterocycles. The van der Waals surface area contributed by atoms with Crippen molar-refractivity contribution in [2.75, 3.05) is 18.6 Å². The highest BCUT2D eigenvalue weighted by atomic mass is 32.2. The summed E-state index contributed by atoms with van der Waals surface area (Å²) in [6.07, 6.45) is 3.92. The van der Waals surface area contributed by atoms with Gasteiger partial charge in [0.25, 0.3) is 10.1 Å². The fraction of sp³-hybridized carbons (Fsp3) is 0.556. The Hall–Kier alpha value is -1.96. The van der Waals surface area contributed by atoms with Gasteiger partial charge in [0.15, 0.2) is 9.84 Å². The van der Waals surface area contributed by atoms with Crippen molar-refractivity contribution >= 4 is 25.9 Å². The Balaban J connectivity index is 2.08. The molecule has 1 fully saturated rings. The normalized spacial score (nSPS) is 20.3. The second-order valence-electron chi connectivity index (χ2n) is 6.92. The molecule has 154 valence electrons. The molecule has 1 saturated carbocycles. The highest BCUT2D eigenvalue weighted by molar-refractivity contribution is 7.91. The molecule has 1 aliphatic carbocycles. The summed E-state index contributed by atoms with van der Waals surface area (Å²) in [5.74, 6) is -1.13. The van der Waals surface area contributed by atoms with Crippen molar-refractivity contribution in [3.8, 4) is 6.07 Å². The molecule has 2 unspecified atom stereocenters. The molecule has 0 bridgehead atoms. The van der Waals surface area contributed by atoms with E-state index in [1.807, 2.05) is 6.07 Å². The van der Waals surface area contributed by atoms with Gasteiger partial charge in [-0.25, -0.2) is 8.42 Å². The third kappa shape index (κ3) is 6.58. The van der Waals surface area contributed by atoms with Crippen LogP contribution in [0, 0.1) is 23.2 Å². The summed E-state index contributed by atoms with van der Waals surface area (Å²) >= 11 is 0. The van der Waals surface area contributed by atoms with Gasteiger partial charge >= 0.3 is 0 Å². The Kier molecular flexibility index (Phi) is 7.57. The monoisotopic (exact) mass is 428 g/mol. The van der Waals surface area contributed by atoms with Gasteiger partial charge in [0.1, 0.15) is 6.54 Å². The average Bonchev–Trinajstić information content (AvgIpc) is 2.64. The van der Waals surface area contributed by atoms with Gasteiger partial charge in [-0.3, -0.25) is 8.98 Å². The van der Waals surface area contributed by atoms with Crippen LogP contribution in [0.2, 0.25) is 0 Å². The molecule has 1 amide bonds. The van der Waals surface area contributed by atoms with Gasteiger partial charge in [-0.15, -0.1) is 0 Å². The largest absolute Gasteiger partial charge is 0.343 e. The van der Waals surface area contributed by atoms with E-state index in [1.54, 1.807) is 0 Å². The molecular formula is C18H24N2O6S2. The Morgan fingerprint density at radius 2 is 1.82 bits per heavy atom. The molecule has 0 aromatic heterocycles. The van der Waals surface area contributed by atoms with Crippen molar-refractivity contribution < 1.29 is 25.8 Å². The first kappa shape index (κ1) is 22.3. The standard InChI is InChI=1S/C18H24N2O6S2/c1-27(22,23)26-12-14-6-8-16(9-7-14)28(24,25)13-15-4-2-3-5-17(15)18(21)20-11-10-19/h6-9,15,17H,2-5,11-13H2,1H3,(H,20,21). The third-order valence-electron chi connectivity index (χ3n) is 4.74. The fourth-order valence-electron chi connectivity index (χ4n) is 3.36. The zero-order chi connectivity index (χ0) is 20.8. The number of rotatable bonds is 8. The number of nitrogens with zero attached hydrogens (tertiary/aromatic N) is 1. The predicted molar refractivity (Wildman–Crippen MR) is 102 cm³/mol. The average molecular weight is 429 g/mol. The first-order chi connectivity index (χ1) is 13.1. The molecule has 0 radical (unpaired) electrons. The summed E-state index contributed by atoms with van der Waals surface area (Å²) in [5.41, 5.74) is 0.538. The predicted octanol–water partition coefficient (Wildman–Crippen LogP) is 1.38. The molecule has 0 spiro atoms. The number of carbonyl (C=O) groups excluding carboxylic acids is 1. The molecule has 1 aromatic carbocycles. The van der Waals surface area contributed by atoms with E-state index in [9.17, 15) is 21.6 Å². The lowest BCUT2D eigenvalue weighted by Gasteiger charge is -2.30. The maximum absolute atomic E-state index is 12.8.